The number of hydrogen-bond donors (Lipinski definition) is 1. The van der Waals surface area contributed by atoms with E-state index in [1.165, 1.54) is 11.8 Å². The van der Waals surface area contributed by atoms with Crippen molar-refractivity contribution in [3.63, 3.8) is 0 Å². The molecule has 1 aliphatic heterocycles. The summed E-state index contributed by atoms with van der Waals surface area (Å²) in [6, 6.07) is 10.8. The van der Waals surface area contributed by atoms with Gasteiger partial charge in [0, 0.05) is 11.6 Å². The number of nitrogens with zero attached hydrogens (tertiary/aromatic N) is 3. The van der Waals surface area contributed by atoms with Gasteiger partial charge in [0.05, 0.1) is 12.8 Å². The molecule has 1 aromatic carbocycles. The predicted octanol–water partition coefficient (Wildman–Crippen LogP) is 1.80. The minimum Gasteiger partial charge on any atom is -0.479 e. The van der Waals surface area contributed by atoms with Crippen LogP contribution >= 0.6 is 0 Å². The fourth-order valence-electron chi connectivity index (χ4n) is 2.40. The van der Waals surface area contributed by atoms with E-state index in [0.717, 1.165) is 17.0 Å². The molecule has 0 aliphatic carbocycles. The van der Waals surface area contributed by atoms with E-state index in [0.29, 0.717) is 17.4 Å². The maximum Gasteiger partial charge on any atom is 0.254 e. The zero-order valence-corrected chi connectivity index (χ0v) is 12.9. The molecule has 0 spiro atoms. The highest BCUT2D eigenvalue weighted by Crippen LogP contribution is 2.35. The third kappa shape index (κ3) is 2.58. The van der Waals surface area contributed by atoms with Crippen molar-refractivity contribution in [2.75, 3.05) is 13.9 Å². The summed E-state index contributed by atoms with van der Waals surface area (Å²) in [6.07, 6.45) is 0. The van der Waals surface area contributed by atoms with Gasteiger partial charge in [-0.15, -0.1) is 0 Å². The Bertz CT molecular complexity index is 947. The number of ether oxygens (including phenoxy) is 3. The topological polar surface area (TPSA) is 95.4 Å². The lowest BCUT2D eigenvalue weighted by Gasteiger charge is -2.07. The van der Waals surface area contributed by atoms with Gasteiger partial charge < -0.3 is 18.7 Å². The second-order valence-electron chi connectivity index (χ2n) is 5.17. The maximum atomic E-state index is 8.02. The highest BCUT2D eigenvalue weighted by molar-refractivity contribution is 5.63. The zero-order chi connectivity index (χ0) is 16.5. The molecular formula is C16H14N4O4. The molecule has 0 unspecified atom stereocenters. The predicted molar refractivity (Wildman–Crippen MR) is 81.8 cm³/mol. The fraction of sp³-hybridized carbons (Fsp3) is 0.188. The highest BCUT2D eigenvalue weighted by Gasteiger charge is 2.15. The van der Waals surface area contributed by atoms with Gasteiger partial charge in [-0.25, -0.2) is 4.68 Å². The zero-order valence-electron chi connectivity index (χ0n) is 12.9. The van der Waals surface area contributed by atoms with Crippen LogP contribution in [0.5, 0.6) is 17.4 Å². The third-order valence-corrected chi connectivity index (χ3v) is 3.63. The van der Waals surface area contributed by atoms with Gasteiger partial charge in [-0.1, -0.05) is 0 Å². The largest absolute Gasteiger partial charge is 0.479 e. The molecule has 0 radical (unpaired) electrons. The van der Waals surface area contributed by atoms with Gasteiger partial charge in [-0.05, 0) is 35.5 Å². The lowest BCUT2D eigenvalue weighted by molar-refractivity contribution is 0.174. The minimum absolute atomic E-state index is 0.227. The molecule has 8 heteroatoms. The summed E-state index contributed by atoms with van der Waals surface area (Å²) in [7, 11) is 1.52. The Morgan fingerprint density at radius 2 is 2.04 bits per heavy atom. The van der Waals surface area contributed by atoms with Gasteiger partial charge in [0.2, 0.25) is 6.79 Å². The average molecular weight is 326 g/mol. The standard InChI is InChI=1S/C16H14N4O4/c1-21-16-7-11(24-19-16)8-20-15(17)5-3-12(18-20)10-2-4-13-14(6-10)23-9-22-13/h2-7,17H,8-9H2,1H3. The molecule has 3 heterocycles. The number of fused-ring (bicyclic) bond motifs is 1. The summed E-state index contributed by atoms with van der Waals surface area (Å²) >= 11 is 0. The van der Waals surface area contributed by atoms with Gasteiger partial charge in [0.15, 0.2) is 17.3 Å². The number of methoxy groups -OCH3 is 1. The summed E-state index contributed by atoms with van der Waals surface area (Å²) in [6.45, 7) is 0.513. The molecule has 1 N–H and O–H groups in total. The van der Waals surface area contributed by atoms with Crippen LogP contribution < -0.4 is 19.7 Å². The van der Waals surface area contributed by atoms with Crippen molar-refractivity contribution < 1.29 is 18.7 Å². The van der Waals surface area contributed by atoms with Gasteiger partial charge in [-0.3, -0.25) is 5.41 Å². The molecule has 0 bridgehead atoms. The van der Waals surface area contributed by atoms with E-state index >= 15 is 0 Å². The molecule has 4 rings (SSSR count). The van der Waals surface area contributed by atoms with E-state index in [2.05, 4.69) is 10.3 Å². The number of aromatic nitrogens is 3. The summed E-state index contributed by atoms with van der Waals surface area (Å²) in [5.74, 6) is 2.36. The van der Waals surface area contributed by atoms with Crippen LogP contribution in [-0.4, -0.2) is 28.8 Å². The fourth-order valence-corrected chi connectivity index (χ4v) is 2.40. The first kappa shape index (κ1) is 14.3. The number of hydrogen-bond acceptors (Lipinski definition) is 7. The van der Waals surface area contributed by atoms with Crippen LogP contribution in [0, 0.1) is 5.41 Å². The van der Waals surface area contributed by atoms with Gasteiger partial charge in [-0.2, -0.15) is 5.10 Å². The van der Waals surface area contributed by atoms with Crippen LogP contribution in [-0.2, 0) is 6.54 Å². The molecule has 122 valence electrons. The molecule has 8 nitrogen and oxygen atoms in total. The third-order valence-electron chi connectivity index (χ3n) is 3.63. The molecule has 24 heavy (non-hydrogen) atoms. The first-order valence-corrected chi connectivity index (χ1v) is 7.25. The Balaban J connectivity index is 1.67. The molecule has 1 aliphatic rings. The second-order valence-corrected chi connectivity index (χ2v) is 5.17. The number of benzene rings is 1. The Labute approximate surface area is 136 Å². The van der Waals surface area contributed by atoms with E-state index in [9.17, 15) is 0 Å². The SMILES string of the molecule is COc1cc(Cn2nc(-c3ccc4c(c3)OCO4)ccc2=N)on1. The summed E-state index contributed by atoms with van der Waals surface area (Å²) in [5.41, 5.74) is 1.86. The summed E-state index contributed by atoms with van der Waals surface area (Å²) < 4.78 is 22.4. The smallest absolute Gasteiger partial charge is 0.254 e. The molecule has 0 amide bonds. The molecule has 0 fully saturated rings. The van der Waals surface area contributed by atoms with Crippen LogP contribution in [0.4, 0.5) is 0 Å². The number of nitrogens with one attached hydrogen (secondary N) is 1. The monoisotopic (exact) mass is 326 g/mol. The van der Waals surface area contributed by atoms with E-state index in [-0.39, 0.29) is 18.8 Å². The van der Waals surface area contributed by atoms with E-state index in [1.807, 2.05) is 18.2 Å². The van der Waals surface area contributed by atoms with Gasteiger partial charge >= 0.3 is 0 Å². The first-order chi connectivity index (χ1) is 11.7. The van der Waals surface area contributed by atoms with E-state index in [1.54, 1.807) is 18.2 Å². The molecular weight excluding hydrogens is 312 g/mol. The normalized spacial score (nSPS) is 12.4. The molecule has 0 saturated heterocycles. The average Bonchev–Trinajstić information content (AvgIpc) is 3.25. The molecule has 2 aromatic heterocycles. The molecule has 3 aromatic rings. The van der Waals surface area contributed by atoms with Crippen LogP contribution in [0.3, 0.4) is 0 Å². The van der Waals surface area contributed by atoms with Gasteiger partial charge in [0.25, 0.3) is 5.88 Å². The Hall–Kier alpha value is -3.29. The second kappa shape index (κ2) is 5.73. The Morgan fingerprint density at radius 3 is 2.88 bits per heavy atom. The Kier molecular flexibility index (Phi) is 3.42. The van der Waals surface area contributed by atoms with Crippen LogP contribution in [0.1, 0.15) is 5.76 Å². The van der Waals surface area contributed by atoms with Crippen LogP contribution in [0.25, 0.3) is 11.3 Å². The maximum absolute atomic E-state index is 8.02. The number of rotatable bonds is 4. The van der Waals surface area contributed by atoms with Crippen molar-refractivity contribution in [3.05, 3.63) is 47.6 Å². The van der Waals surface area contributed by atoms with Crippen molar-refractivity contribution >= 4 is 0 Å². The van der Waals surface area contributed by atoms with Crippen molar-refractivity contribution in [2.45, 2.75) is 6.54 Å². The van der Waals surface area contributed by atoms with Crippen molar-refractivity contribution in [3.8, 4) is 28.6 Å². The van der Waals surface area contributed by atoms with E-state index < -0.39 is 0 Å². The van der Waals surface area contributed by atoms with Crippen molar-refractivity contribution in [1.82, 2.24) is 14.9 Å². The van der Waals surface area contributed by atoms with Crippen molar-refractivity contribution in [1.29, 1.82) is 5.41 Å². The first-order valence-electron chi connectivity index (χ1n) is 7.25. The lowest BCUT2D eigenvalue weighted by atomic mass is 10.1. The van der Waals surface area contributed by atoms with Crippen LogP contribution in [0.15, 0.2) is 40.9 Å². The highest BCUT2D eigenvalue weighted by atomic mass is 16.7. The van der Waals surface area contributed by atoms with Gasteiger partial charge in [0.1, 0.15) is 12.0 Å². The minimum atomic E-state index is 0.227. The van der Waals surface area contributed by atoms with E-state index in [4.69, 9.17) is 24.1 Å². The Morgan fingerprint density at radius 1 is 1.17 bits per heavy atom. The lowest BCUT2D eigenvalue weighted by Crippen LogP contribution is -2.22. The van der Waals surface area contributed by atoms with Crippen LogP contribution in [0.2, 0.25) is 0 Å². The van der Waals surface area contributed by atoms with Crippen molar-refractivity contribution in [2.24, 2.45) is 0 Å². The summed E-state index contributed by atoms with van der Waals surface area (Å²) in [5, 5.41) is 16.3. The molecule has 0 saturated carbocycles. The summed E-state index contributed by atoms with van der Waals surface area (Å²) in [4.78, 5) is 0. The molecule has 0 atom stereocenters. The quantitative estimate of drug-likeness (QED) is 0.785.